The maximum atomic E-state index is 12.6. The van der Waals surface area contributed by atoms with Crippen molar-refractivity contribution in [2.45, 2.75) is 25.8 Å². The lowest BCUT2D eigenvalue weighted by Gasteiger charge is -2.20. The molecule has 0 spiro atoms. The quantitative estimate of drug-likeness (QED) is 0.775. The van der Waals surface area contributed by atoms with Gasteiger partial charge in [-0.2, -0.15) is 0 Å². The number of nitrogens with zero attached hydrogens (tertiary/aromatic N) is 1. The molecule has 2 amide bonds. The number of rotatable bonds is 6. The summed E-state index contributed by atoms with van der Waals surface area (Å²) in [6, 6.07) is 11.4. The van der Waals surface area contributed by atoms with Crippen LogP contribution in [0.25, 0.3) is 0 Å². The third-order valence-corrected chi connectivity index (χ3v) is 4.72. The molecule has 7 nitrogen and oxygen atoms in total. The van der Waals surface area contributed by atoms with Crippen LogP contribution in [0.2, 0.25) is 0 Å². The molecule has 3 rings (SSSR count). The fourth-order valence-electron chi connectivity index (χ4n) is 3.07. The first-order chi connectivity index (χ1) is 13.4. The summed E-state index contributed by atoms with van der Waals surface area (Å²) in [5, 5.41) is 2.82. The summed E-state index contributed by atoms with van der Waals surface area (Å²) in [4.78, 5) is 37.1. The van der Waals surface area contributed by atoms with Crippen molar-refractivity contribution in [1.29, 1.82) is 0 Å². The molecule has 1 N–H and O–H groups in total. The lowest BCUT2D eigenvalue weighted by Crippen LogP contribution is -2.38. The van der Waals surface area contributed by atoms with E-state index < -0.39 is 6.04 Å². The number of hydrogen-bond donors (Lipinski definition) is 1. The van der Waals surface area contributed by atoms with E-state index in [-0.39, 0.29) is 17.6 Å². The van der Waals surface area contributed by atoms with Gasteiger partial charge in [-0.15, -0.1) is 0 Å². The number of likely N-dealkylation sites (tertiary alicyclic amines) is 1. The van der Waals surface area contributed by atoms with Crippen molar-refractivity contribution in [3.63, 3.8) is 0 Å². The van der Waals surface area contributed by atoms with Gasteiger partial charge in [0.25, 0.3) is 0 Å². The van der Waals surface area contributed by atoms with E-state index in [1.54, 1.807) is 49.5 Å². The third kappa shape index (κ3) is 4.14. The number of Topliss-reactive ketones (excluding diaryl/α,β-unsaturated/α-hetero) is 1. The summed E-state index contributed by atoms with van der Waals surface area (Å²) in [6.45, 7) is 1.50. The average Bonchev–Trinajstić information content (AvgIpc) is 3.01. The standard InChI is InChI=1S/C21H22N2O5/c1-13(24)14-4-6-15(7-5-14)28-16-8-10-19(27-3)17(12-16)22-21(26)18-9-11-20(25)23(18)2/h4-8,10,12,18H,9,11H2,1-3H3,(H,22,26). The van der Waals surface area contributed by atoms with Crippen LogP contribution in [0.3, 0.4) is 0 Å². The molecule has 146 valence electrons. The molecule has 0 aliphatic carbocycles. The first-order valence-corrected chi connectivity index (χ1v) is 8.92. The van der Waals surface area contributed by atoms with Gasteiger partial charge in [-0.1, -0.05) is 0 Å². The molecule has 1 saturated heterocycles. The molecule has 7 heteroatoms. The van der Waals surface area contributed by atoms with Crippen LogP contribution in [0.1, 0.15) is 30.1 Å². The highest BCUT2D eigenvalue weighted by atomic mass is 16.5. The SMILES string of the molecule is COc1ccc(Oc2ccc(C(C)=O)cc2)cc1NC(=O)C1CCC(=O)N1C. The lowest BCUT2D eigenvalue weighted by atomic mass is 10.1. The topological polar surface area (TPSA) is 84.9 Å². The lowest BCUT2D eigenvalue weighted by molar-refractivity contribution is -0.131. The Morgan fingerprint density at radius 2 is 1.79 bits per heavy atom. The van der Waals surface area contributed by atoms with E-state index in [0.29, 0.717) is 41.3 Å². The molecule has 0 bridgehead atoms. The molecule has 2 aromatic rings. The number of methoxy groups -OCH3 is 1. The van der Waals surface area contributed by atoms with Crippen LogP contribution >= 0.6 is 0 Å². The van der Waals surface area contributed by atoms with E-state index in [1.807, 2.05) is 0 Å². The van der Waals surface area contributed by atoms with E-state index in [4.69, 9.17) is 9.47 Å². The number of anilines is 1. The smallest absolute Gasteiger partial charge is 0.247 e. The van der Waals surface area contributed by atoms with Crippen molar-refractivity contribution < 1.29 is 23.9 Å². The Kier molecular flexibility index (Phi) is 5.63. The van der Waals surface area contributed by atoms with Crippen LogP contribution in [0, 0.1) is 0 Å². The van der Waals surface area contributed by atoms with E-state index in [2.05, 4.69) is 5.32 Å². The summed E-state index contributed by atoms with van der Waals surface area (Å²) in [7, 11) is 3.14. The highest BCUT2D eigenvalue weighted by Gasteiger charge is 2.33. The Labute approximate surface area is 163 Å². The van der Waals surface area contributed by atoms with Crippen molar-refractivity contribution >= 4 is 23.3 Å². The number of likely N-dealkylation sites (N-methyl/N-ethyl adjacent to an activating group) is 1. The first-order valence-electron chi connectivity index (χ1n) is 8.92. The van der Waals surface area contributed by atoms with E-state index in [0.717, 1.165) is 0 Å². The van der Waals surface area contributed by atoms with Gasteiger partial charge in [0, 0.05) is 25.1 Å². The second-order valence-electron chi connectivity index (χ2n) is 6.59. The minimum Gasteiger partial charge on any atom is -0.495 e. The predicted molar refractivity (Wildman–Crippen MR) is 104 cm³/mol. The van der Waals surface area contributed by atoms with Crippen LogP contribution in [-0.2, 0) is 9.59 Å². The van der Waals surface area contributed by atoms with Gasteiger partial charge < -0.3 is 19.7 Å². The molecule has 1 fully saturated rings. The molecule has 1 heterocycles. The number of nitrogens with one attached hydrogen (secondary N) is 1. The summed E-state index contributed by atoms with van der Waals surface area (Å²) in [6.07, 6.45) is 0.854. The highest BCUT2D eigenvalue weighted by molar-refractivity contribution is 6.00. The molecule has 1 unspecified atom stereocenters. The average molecular weight is 382 g/mol. The zero-order valence-electron chi connectivity index (χ0n) is 16.0. The zero-order valence-corrected chi connectivity index (χ0v) is 16.0. The second-order valence-corrected chi connectivity index (χ2v) is 6.59. The Bertz CT molecular complexity index is 908. The molecule has 28 heavy (non-hydrogen) atoms. The number of ketones is 1. The van der Waals surface area contributed by atoms with E-state index >= 15 is 0 Å². The zero-order chi connectivity index (χ0) is 20.3. The molecular formula is C21H22N2O5. The third-order valence-electron chi connectivity index (χ3n) is 4.72. The molecule has 0 radical (unpaired) electrons. The van der Waals surface area contributed by atoms with Crippen LogP contribution in [-0.4, -0.2) is 42.7 Å². The van der Waals surface area contributed by atoms with Crippen LogP contribution in [0.5, 0.6) is 17.2 Å². The minimum absolute atomic E-state index is 0.0173. The highest BCUT2D eigenvalue weighted by Crippen LogP contribution is 2.32. The number of carbonyl (C=O) groups is 3. The molecule has 1 aliphatic rings. The Morgan fingerprint density at radius 3 is 2.36 bits per heavy atom. The van der Waals surface area contributed by atoms with E-state index in [9.17, 15) is 14.4 Å². The van der Waals surface area contributed by atoms with Gasteiger partial charge in [0.15, 0.2) is 5.78 Å². The minimum atomic E-state index is -0.499. The molecule has 0 saturated carbocycles. The van der Waals surface area contributed by atoms with Crippen molar-refractivity contribution in [2.24, 2.45) is 0 Å². The predicted octanol–water partition coefficient (Wildman–Crippen LogP) is 3.25. The molecular weight excluding hydrogens is 360 g/mol. The van der Waals surface area contributed by atoms with Crippen LogP contribution in [0.4, 0.5) is 5.69 Å². The van der Waals surface area contributed by atoms with Crippen molar-refractivity contribution in [1.82, 2.24) is 4.90 Å². The molecule has 1 aliphatic heterocycles. The fraction of sp³-hybridized carbons (Fsp3) is 0.286. The Morgan fingerprint density at radius 1 is 1.11 bits per heavy atom. The Hall–Kier alpha value is -3.35. The number of benzene rings is 2. The van der Waals surface area contributed by atoms with Crippen molar-refractivity contribution in [3.05, 3.63) is 48.0 Å². The summed E-state index contributed by atoms with van der Waals surface area (Å²) < 4.78 is 11.1. The number of carbonyl (C=O) groups excluding carboxylic acids is 3. The van der Waals surface area contributed by atoms with Gasteiger partial charge in [-0.25, -0.2) is 0 Å². The van der Waals surface area contributed by atoms with Crippen LogP contribution < -0.4 is 14.8 Å². The van der Waals surface area contributed by atoms with Gasteiger partial charge in [-0.3, -0.25) is 14.4 Å². The first kappa shape index (κ1) is 19.4. The molecule has 1 atom stereocenters. The second kappa shape index (κ2) is 8.12. The van der Waals surface area contributed by atoms with Gasteiger partial charge >= 0.3 is 0 Å². The van der Waals surface area contributed by atoms with Crippen LogP contribution in [0.15, 0.2) is 42.5 Å². The van der Waals surface area contributed by atoms with E-state index in [1.165, 1.54) is 18.9 Å². The Balaban J connectivity index is 1.77. The van der Waals surface area contributed by atoms with Crippen molar-refractivity contribution in [3.8, 4) is 17.2 Å². The number of hydrogen-bond acceptors (Lipinski definition) is 5. The maximum Gasteiger partial charge on any atom is 0.247 e. The normalized spacial score (nSPS) is 16.0. The van der Waals surface area contributed by atoms with Gasteiger partial charge in [-0.05, 0) is 49.7 Å². The number of ether oxygens (including phenoxy) is 2. The van der Waals surface area contributed by atoms with Gasteiger partial charge in [0.2, 0.25) is 11.8 Å². The summed E-state index contributed by atoms with van der Waals surface area (Å²) in [5.41, 5.74) is 1.06. The van der Waals surface area contributed by atoms with Gasteiger partial charge in [0.05, 0.1) is 12.8 Å². The maximum absolute atomic E-state index is 12.6. The summed E-state index contributed by atoms with van der Waals surface area (Å²) in [5.74, 6) is 1.22. The monoisotopic (exact) mass is 382 g/mol. The molecule has 0 aromatic heterocycles. The molecule has 2 aromatic carbocycles. The summed E-state index contributed by atoms with van der Waals surface area (Å²) >= 11 is 0. The fourth-order valence-corrected chi connectivity index (χ4v) is 3.07. The van der Waals surface area contributed by atoms with Crippen molar-refractivity contribution in [2.75, 3.05) is 19.5 Å². The van der Waals surface area contributed by atoms with Gasteiger partial charge in [0.1, 0.15) is 23.3 Å². The number of amides is 2. The largest absolute Gasteiger partial charge is 0.495 e.